The zero-order valence-corrected chi connectivity index (χ0v) is 9.36. The van der Waals surface area contributed by atoms with Crippen LogP contribution in [0.25, 0.3) is 0 Å². The predicted octanol–water partition coefficient (Wildman–Crippen LogP) is 1.82. The first-order valence-electron chi connectivity index (χ1n) is 4.71. The third-order valence-electron chi connectivity index (χ3n) is 2.67. The number of rotatable bonds is 0. The standard InChI is InChI=1S/C10H12FNO2S/c1-6-3-8-4-7(2)15(13,14)12-10(8)5-9(6)11/h3,5,7,12H,4H2,1-2H3/t7-/m1/s1. The van der Waals surface area contributed by atoms with E-state index in [0.717, 1.165) is 5.56 Å². The van der Waals surface area contributed by atoms with E-state index in [-0.39, 0.29) is 5.82 Å². The Morgan fingerprint density at radius 1 is 1.47 bits per heavy atom. The van der Waals surface area contributed by atoms with Crippen LogP contribution >= 0.6 is 0 Å². The molecule has 1 heterocycles. The van der Waals surface area contributed by atoms with Crippen LogP contribution in [-0.4, -0.2) is 13.7 Å². The van der Waals surface area contributed by atoms with E-state index in [2.05, 4.69) is 4.72 Å². The lowest BCUT2D eigenvalue weighted by Gasteiger charge is -2.24. The molecule has 0 fully saturated rings. The van der Waals surface area contributed by atoms with Gasteiger partial charge in [-0.25, -0.2) is 12.8 Å². The maximum atomic E-state index is 13.2. The van der Waals surface area contributed by atoms with E-state index in [0.29, 0.717) is 17.7 Å². The molecule has 0 aliphatic carbocycles. The molecule has 0 saturated carbocycles. The number of sulfonamides is 1. The molecular weight excluding hydrogens is 217 g/mol. The topological polar surface area (TPSA) is 46.2 Å². The molecule has 0 saturated heterocycles. The van der Waals surface area contributed by atoms with Crippen molar-refractivity contribution in [3.8, 4) is 0 Å². The Kier molecular flexibility index (Phi) is 2.22. The van der Waals surface area contributed by atoms with E-state index >= 15 is 0 Å². The third kappa shape index (κ3) is 1.71. The van der Waals surface area contributed by atoms with Crippen molar-refractivity contribution in [2.75, 3.05) is 4.72 Å². The fourth-order valence-corrected chi connectivity index (χ4v) is 2.78. The minimum Gasteiger partial charge on any atom is -0.283 e. The minimum atomic E-state index is -3.32. The molecule has 1 aromatic rings. The van der Waals surface area contributed by atoms with Crippen LogP contribution in [0, 0.1) is 12.7 Å². The molecule has 0 radical (unpaired) electrons. The van der Waals surface area contributed by atoms with Crippen LogP contribution in [0.2, 0.25) is 0 Å². The summed E-state index contributed by atoms with van der Waals surface area (Å²) in [4.78, 5) is 0. The highest BCUT2D eigenvalue weighted by Gasteiger charge is 2.28. The Morgan fingerprint density at radius 2 is 2.13 bits per heavy atom. The van der Waals surface area contributed by atoms with E-state index in [9.17, 15) is 12.8 Å². The Labute approximate surface area is 88.4 Å². The number of hydrogen-bond acceptors (Lipinski definition) is 2. The second-order valence-corrected chi connectivity index (χ2v) is 6.02. The van der Waals surface area contributed by atoms with Crippen LogP contribution in [0.1, 0.15) is 18.1 Å². The van der Waals surface area contributed by atoms with Crippen molar-refractivity contribution < 1.29 is 12.8 Å². The van der Waals surface area contributed by atoms with E-state index in [1.54, 1.807) is 19.9 Å². The van der Waals surface area contributed by atoms with Gasteiger partial charge in [0.1, 0.15) is 5.82 Å². The summed E-state index contributed by atoms with van der Waals surface area (Å²) in [6, 6.07) is 2.94. The van der Waals surface area contributed by atoms with Crippen molar-refractivity contribution >= 4 is 15.7 Å². The van der Waals surface area contributed by atoms with Gasteiger partial charge in [-0.1, -0.05) is 6.07 Å². The summed E-state index contributed by atoms with van der Waals surface area (Å²) in [6.45, 7) is 3.31. The van der Waals surface area contributed by atoms with Crippen LogP contribution < -0.4 is 4.72 Å². The maximum absolute atomic E-state index is 13.2. The number of anilines is 1. The van der Waals surface area contributed by atoms with Crippen LogP contribution in [-0.2, 0) is 16.4 Å². The van der Waals surface area contributed by atoms with Crippen LogP contribution in [0.15, 0.2) is 12.1 Å². The fraction of sp³-hybridized carbons (Fsp3) is 0.400. The SMILES string of the molecule is Cc1cc2c(cc1F)NS(=O)(=O)[C@H](C)C2. The number of nitrogens with one attached hydrogen (secondary N) is 1. The van der Waals surface area contributed by atoms with Crippen molar-refractivity contribution in [2.24, 2.45) is 0 Å². The average Bonchev–Trinajstić information content (AvgIpc) is 2.11. The van der Waals surface area contributed by atoms with Gasteiger partial charge in [0, 0.05) is 0 Å². The van der Waals surface area contributed by atoms with E-state index in [1.165, 1.54) is 6.07 Å². The molecule has 1 aliphatic heterocycles. The Morgan fingerprint density at radius 3 is 2.80 bits per heavy atom. The molecule has 1 atom stereocenters. The zero-order chi connectivity index (χ0) is 11.2. The van der Waals surface area contributed by atoms with Gasteiger partial charge < -0.3 is 0 Å². The number of halogens is 1. The summed E-state index contributed by atoms with van der Waals surface area (Å²) < 4.78 is 38.6. The van der Waals surface area contributed by atoms with Crippen molar-refractivity contribution in [1.82, 2.24) is 0 Å². The number of aryl methyl sites for hydroxylation is 1. The van der Waals surface area contributed by atoms with Gasteiger partial charge in [0.05, 0.1) is 10.9 Å². The molecule has 0 bridgehead atoms. The van der Waals surface area contributed by atoms with Gasteiger partial charge in [0.25, 0.3) is 0 Å². The number of benzene rings is 1. The van der Waals surface area contributed by atoms with Gasteiger partial charge in [-0.15, -0.1) is 0 Å². The van der Waals surface area contributed by atoms with Crippen LogP contribution in [0.5, 0.6) is 0 Å². The first-order chi connectivity index (χ1) is 6.90. The molecule has 2 rings (SSSR count). The molecule has 5 heteroatoms. The fourth-order valence-electron chi connectivity index (χ4n) is 1.68. The second-order valence-electron chi connectivity index (χ2n) is 3.92. The first kappa shape index (κ1) is 10.4. The van der Waals surface area contributed by atoms with Crippen molar-refractivity contribution in [3.05, 3.63) is 29.1 Å². The normalized spacial score (nSPS) is 23.0. The maximum Gasteiger partial charge on any atom is 0.235 e. The van der Waals surface area contributed by atoms with E-state index in [1.807, 2.05) is 0 Å². The molecule has 0 aromatic heterocycles. The average molecular weight is 229 g/mol. The third-order valence-corrected chi connectivity index (χ3v) is 4.40. The molecule has 1 aliphatic rings. The lowest BCUT2D eigenvalue weighted by molar-refractivity contribution is 0.584. The quantitative estimate of drug-likeness (QED) is 0.737. The number of hydrogen-bond donors (Lipinski definition) is 1. The summed E-state index contributed by atoms with van der Waals surface area (Å²) in [6.07, 6.45) is 0.436. The molecule has 82 valence electrons. The van der Waals surface area contributed by atoms with Crippen molar-refractivity contribution in [1.29, 1.82) is 0 Å². The summed E-state index contributed by atoms with van der Waals surface area (Å²) in [7, 11) is -3.32. The van der Waals surface area contributed by atoms with Gasteiger partial charge in [0.15, 0.2) is 0 Å². The van der Waals surface area contributed by atoms with Gasteiger partial charge in [-0.2, -0.15) is 0 Å². The highest BCUT2D eigenvalue weighted by Crippen LogP contribution is 2.29. The summed E-state index contributed by atoms with van der Waals surface area (Å²) in [5, 5.41) is -0.463. The monoisotopic (exact) mass is 229 g/mol. The Hall–Kier alpha value is -1.10. The molecule has 3 nitrogen and oxygen atoms in total. The molecular formula is C10H12FNO2S. The Balaban J connectivity index is 2.55. The summed E-state index contributed by atoms with van der Waals surface area (Å²) in [5.74, 6) is -0.383. The molecule has 1 aromatic carbocycles. The van der Waals surface area contributed by atoms with Crippen LogP contribution in [0.4, 0.5) is 10.1 Å². The van der Waals surface area contributed by atoms with Gasteiger partial charge in [-0.05, 0) is 37.5 Å². The van der Waals surface area contributed by atoms with E-state index in [4.69, 9.17) is 0 Å². The predicted molar refractivity (Wildman–Crippen MR) is 56.8 cm³/mol. The number of fused-ring (bicyclic) bond motifs is 1. The smallest absolute Gasteiger partial charge is 0.235 e. The largest absolute Gasteiger partial charge is 0.283 e. The van der Waals surface area contributed by atoms with Crippen molar-refractivity contribution in [2.45, 2.75) is 25.5 Å². The lowest BCUT2D eigenvalue weighted by atomic mass is 10.0. The minimum absolute atomic E-state index is 0.371. The van der Waals surface area contributed by atoms with Gasteiger partial charge in [0.2, 0.25) is 10.0 Å². The zero-order valence-electron chi connectivity index (χ0n) is 8.54. The van der Waals surface area contributed by atoms with E-state index < -0.39 is 15.3 Å². The summed E-state index contributed by atoms with van der Waals surface area (Å²) >= 11 is 0. The molecule has 0 unspecified atom stereocenters. The lowest BCUT2D eigenvalue weighted by Crippen LogP contribution is -2.32. The van der Waals surface area contributed by atoms with Crippen molar-refractivity contribution in [3.63, 3.8) is 0 Å². The molecule has 1 N–H and O–H groups in total. The van der Waals surface area contributed by atoms with Gasteiger partial charge >= 0.3 is 0 Å². The summed E-state index contributed by atoms with van der Waals surface area (Å²) in [5.41, 5.74) is 1.77. The second kappa shape index (κ2) is 3.20. The van der Waals surface area contributed by atoms with Gasteiger partial charge in [-0.3, -0.25) is 4.72 Å². The highest BCUT2D eigenvalue weighted by atomic mass is 32.2. The highest BCUT2D eigenvalue weighted by molar-refractivity contribution is 7.93. The molecule has 0 amide bonds. The van der Waals surface area contributed by atoms with Crippen LogP contribution in [0.3, 0.4) is 0 Å². The first-order valence-corrected chi connectivity index (χ1v) is 6.25. The molecule has 0 spiro atoms. The molecule has 15 heavy (non-hydrogen) atoms. The Bertz CT molecular complexity index is 510.